The molecule has 0 aliphatic rings. The van der Waals surface area contributed by atoms with E-state index in [0.717, 1.165) is 5.56 Å². The molecule has 0 N–H and O–H groups in total. The number of likely N-dealkylation sites (N-methyl/N-ethyl adjacent to an activating group) is 1. The van der Waals surface area contributed by atoms with Crippen molar-refractivity contribution in [2.45, 2.75) is 17.3 Å². The first kappa shape index (κ1) is 20.6. The van der Waals surface area contributed by atoms with E-state index in [1.54, 1.807) is 13.1 Å². The molecule has 0 spiro atoms. The third-order valence-electron chi connectivity index (χ3n) is 3.54. The van der Waals surface area contributed by atoms with Gasteiger partial charge in [0.2, 0.25) is 0 Å². The van der Waals surface area contributed by atoms with E-state index < -0.39 is 24.2 Å². The lowest BCUT2D eigenvalue weighted by atomic mass is 10.2. The molecule has 27 heavy (non-hydrogen) atoms. The second-order valence-corrected chi connectivity index (χ2v) is 6.35. The van der Waals surface area contributed by atoms with Crippen LogP contribution in [0.2, 0.25) is 0 Å². The number of hydrogen-bond acceptors (Lipinski definition) is 6. The van der Waals surface area contributed by atoms with Crippen LogP contribution in [0, 0.1) is 0 Å². The van der Waals surface area contributed by atoms with Crippen LogP contribution in [0.25, 0.3) is 0 Å². The van der Waals surface area contributed by atoms with Crippen LogP contribution in [0.3, 0.4) is 0 Å². The summed E-state index contributed by atoms with van der Waals surface area (Å²) in [5, 5.41) is -0.146. The van der Waals surface area contributed by atoms with Gasteiger partial charge in [0.1, 0.15) is 10.8 Å². The summed E-state index contributed by atoms with van der Waals surface area (Å²) in [6.07, 6.45) is 1.30. The Balaban J connectivity index is 1.96. The number of alkyl halides is 2. The number of methoxy groups -OCH3 is 1. The van der Waals surface area contributed by atoms with Gasteiger partial charge in [0.05, 0.1) is 12.7 Å². The summed E-state index contributed by atoms with van der Waals surface area (Å²) in [7, 11) is 3.09. The van der Waals surface area contributed by atoms with Crippen LogP contribution in [0.5, 0.6) is 5.75 Å². The van der Waals surface area contributed by atoms with Crippen LogP contribution in [0.15, 0.2) is 47.6 Å². The molecule has 1 heterocycles. The molecular formula is C18H18F2N2O4S. The molecule has 0 radical (unpaired) electrons. The number of ether oxygens (including phenoxy) is 2. The molecule has 0 bridgehead atoms. The fourth-order valence-corrected chi connectivity index (χ4v) is 2.79. The number of para-hydroxylation sites is 1. The van der Waals surface area contributed by atoms with Crippen LogP contribution in [0.1, 0.15) is 15.9 Å². The van der Waals surface area contributed by atoms with Gasteiger partial charge in [-0.25, -0.2) is 9.78 Å². The van der Waals surface area contributed by atoms with Crippen LogP contribution < -0.4 is 4.74 Å². The number of carbonyl (C=O) groups is 2. The Labute approximate surface area is 159 Å². The maximum absolute atomic E-state index is 12.6. The van der Waals surface area contributed by atoms with Gasteiger partial charge in [0.25, 0.3) is 11.7 Å². The van der Waals surface area contributed by atoms with Gasteiger partial charge < -0.3 is 14.4 Å². The average Bonchev–Trinajstić information content (AvgIpc) is 2.66. The Kier molecular flexibility index (Phi) is 7.54. The highest BCUT2D eigenvalue weighted by Crippen LogP contribution is 2.26. The van der Waals surface area contributed by atoms with E-state index in [1.165, 1.54) is 30.3 Å². The molecule has 0 aliphatic carbocycles. The first-order valence-electron chi connectivity index (χ1n) is 7.85. The second-order valence-electron chi connectivity index (χ2n) is 5.37. The monoisotopic (exact) mass is 396 g/mol. The highest BCUT2D eigenvalue weighted by Gasteiger charge is 2.20. The van der Waals surface area contributed by atoms with E-state index in [-0.39, 0.29) is 28.9 Å². The zero-order chi connectivity index (χ0) is 19.8. The van der Waals surface area contributed by atoms with E-state index in [2.05, 4.69) is 4.98 Å². The number of pyridine rings is 1. The summed E-state index contributed by atoms with van der Waals surface area (Å²) in [6, 6.07) is 9.98. The van der Waals surface area contributed by atoms with Crippen molar-refractivity contribution in [3.05, 3.63) is 53.7 Å². The smallest absolute Gasteiger partial charge is 0.341 e. The number of nitrogens with zero attached hydrogens (tertiary/aromatic N) is 2. The van der Waals surface area contributed by atoms with Crippen molar-refractivity contribution in [3.8, 4) is 5.75 Å². The Bertz CT molecular complexity index is 804. The summed E-state index contributed by atoms with van der Waals surface area (Å²) >= 11 is 0.145. The van der Waals surface area contributed by atoms with Crippen LogP contribution in [-0.4, -0.2) is 48.3 Å². The van der Waals surface area contributed by atoms with E-state index in [4.69, 9.17) is 9.47 Å². The third kappa shape index (κ3) is 5.92. The lowest BCUT2D eigenvalue weighted by Gasteiger charge is -2.18. The summed E-state index contributed by atoms with van der Waals surface area (Å²) in [4.78, 5) is 29.5. The molecular weight excluding hydrogens is 378 g/mol. The van der Waals surface area contributed by atoms with Gasteiger partial charge in [0, 0.05) is 25.4 Å². The Morgan fingerprint density at radius 1 is 1.22 bits per heavy atom. The fourth-order valence-electron chi connectivity index (χ4n) is 2.22. The van der Waals surface area contributed by atoms with Gasteiger partial charge in [-0.15, -0.1) is 0 Å². The first-order valence-corrected chi connectivity index (χ1v) is 8.73. The minimum Gasteiger partial charge on any atom is -0.496 e. The number of thioether (sulfide) groups is 1. The average molecular weight is 396 g/mol. The van der Waals surface area contributed by atoms with Gasteiger partial charge in [0.15, 0.2) is 6.61 Å². The molecule has 144 valence electrons. The number of hydrogen-bond donors (Lipinski definition) is 0. The number of halogens is 2. The number of aromatic nitrogens is 1. The molecule has 1 aromatic heterocycles. The fraction of sp³-hybridized carbons (Fsp3) is 0.278. The SMILES string of the molecule is COc1ccccc1CN(C)C(=O)COC(=O)c1cccnc1SC(F)F. The molecule has 0 saturated carbocycles. The quantitative estimate of drug-likeness (QED) is 0.504. The van der Waals surface area contributed by atoms with Gasteiger partial charge in [-0.1, -0.05) is 18.2 Å². The van der Waals surface area contributed by atoms with Gasteiger partial charge in [-0.3, -0.25) is 4.79 Å². The molecule has 0 atom stereocenters. The van der Waals surface area contributed by atoms with Crippen molar-refractivity contribution >= 4 is 23.6 Å². The van der Waals surface area contributed by atoms with Crippen molar-refractivity contribution in [2.24, 2.45) is 0 Å². The van der Waals surface area contributed by atoms with Crippen molar-refractivity contribution in [3.63, 3.8) is 0 Å². The van der Waals surface area contributed by atoms with Crippen molar-refractivity contribution < 1.29 is 27.8 Å². The van der Waals surface area contributed by atoms with Crippen molar-refractivity contribution in [2.75, 3.05) is 20.8 Å². The molecule has 0 saturated heterocycles. The minimum absolute atomic E-state index is 0.108. The van der Waals surface area contributed by atoms with Crippen molar-refractivity contribution in [1.29, 1.82) is 0 Å². The van der Waals surface area contributed by atoms with E-state index >= 15 is 0 Å². The summed E-state index contributed by atoms with van der Waals surface area (Å²) in [5.41, 5.74) is 0.688. The van der Waals surface area contributed by atoms with E-state index in [9.17, 15) is 18.4 Å². The number of esters is 1. The first-order chi connectivity index (χ1) is 12.9. The maximum atomic E-state index is 12.6. The standard InChI is InChI=1S/C18H18F2N2O4S/c1-22(10-12-6-3-4-8-14(12)25-2)15(23)11-26-17(24)13-7-5-9-21-16(13)27-18(19)20/h3-9,18H,10-11H2,1-2H3. The zero-order valence-electron chi connectivity index (χ0n) is 14.7. The third-order valence-corrected chi connectivity index (χ3v) is 4.27. The van der Waals surface area contributed by atoms with Crippen molar-refractivity contribution in [1.82, 2.24) is 9.88 Å². The molecule has 2 rings (SSSR count). The predicted octanol–water partition coefficient (Wildman–Crippen LogP) is 3.22. The summed E-state index contributed by atoms with van der Waals surface area (Å²) in [6.45, 7) is -0.252. The highest BCUT2D eigenvalue weighted by atomic mass is 32.2. The van der Waals surface area contributed by atoms with Crippen LogP contribution in [-0.2, 0) is 16.1 Å². The topological polar surface area (TPSA) is 68.7 Å². The summed E-state index contributed by atoms with van der Waals surface area (Å²) < 4.78 is 35.3. The molecule has 9 heteroatoms. The second kappa shape index (κ2) is 9.86. The largest absolute Gasteiger partial charge is 0.496 e. The molecule has 0 fully saturated rings. The predicted molar refractivity (Wildman–Crippen MR) is 95.8 cm³/mol. The van der Waals surface area contributed by atoms with Gasteiger partial charge in [-0.05, 0) is 30.0 Å². The minimum atomic E-state index is -2.72. The highest BCUT2D eigenvalue weighted by molar-refractivity contribution is 7.99. The van der Waals surface area contributed by atoms with Gasteiger partial charge in [-0.2, -0.15) is 8.78 Å². The summed E-state index contributed by atoms with van der Waals surface area (Å²) in [5.74, 6) is -3.41. The Hall–Kier alpha value is -2.68. The molecule has 0 aliphatic heterocycles. The van der Waals surface area contributed by atoms with Crippen LogP contribution >= 0.6 is 11.8 Å². The van der Waals surface area contributed by atoms with E-state index in [1.807, 2.05) is 18.2 Å². The number of carbonyl (C=O) groups excluding carboxylic acids is 2. The lowest BCUT2D eigenvalue weighted by molar-refractivity contribution is -0.133. The Morgan fingerprint density at radius 2 is 1.96 bits per heavy atom. The molecule has 0 unspecified atom stereocenters. The van der Waals surface area contributed by atoms with E-state index in [0.29, 0.717) is 5.75 Å². The zero-order valence-corrected chi connectivity index (χ0v) is 15.5. The molecule has 1 aromatic carbocycles. The number of amides is 1. The lowest BCUT2D eigenvalue weighted by Crippen LogP contribution is -2.31. The maximum Gasteiger partial charge on any atom is 0.341 e. The molecule has 2 aromatic rings. The molecule has 1 amide bonds. The molecule has 6 nitrogen and oxygen atoms in total. The van der Waals surface area contributed by atoms with Gasteiger partial charge >= 0.3 is 5.97 Å². The normalized spacial score (nSPS) is 10.6. The number of rotatable bonds is 8. The Morgan fingerprint density at radius 3 is 2.67 bits per heavy atom. The number of benzene rings is 1. The van der Waals surface area contributed by atoms with Crippen LogP contribution in [0.4, 0.5) is 8.78 Å².